The maximum atomic E-state index is 13.4. The summed E-state index contributed by atoms with van der Waals surface area (Å²) in [5.74, 6) is 0.564. The molecule has 2 amide bonds. The van der Waals surface area contributed by atoms with Gasteiger partial charge in [-0.25, -0.2) is 4.98 Å². The third-order valence-electron chi connectivity index (χ3n) is 6.68. The van der Waals surface area contributed by atoms with E-state index in [1.807, 2.05) is 20.8 Å². The Bertz CT molecular complexity index is 791. The number of hydrogen-bond donors (Lipinski definition) is 2. The zero-order chi connectivity index (χ0) is 23.3. The molecule has 0 bridgehead atoms. The van der Waals surface area contributed by atoms with Crippen molar-refractivity contribution in [2.75, 3.05) is 40.3 Å². The van der Waals surface area contributed by atoms with E-state index in [-0.39, 0.29) is 11.8 Å². The lowest BCUT2D eigenvalue weighted by atomic mass is 9.86. The van der Waals surface area contributed by atoms with Gasteiger partial charge in [0.05, 0.1) is 5.69 Å². The van der Waals surface area contributed by atoms with Gasteiger partial charge in [0, 0.05) is 26.6 Å². The minimum absolute atomic E-state index is 0.185. The Kier molecular flexibility index (Phi) is 8.33. The van der Waals surface area contributed by atoms with Gasteiger partial charge < -0.3 is 25.0 Å². The zero-order valence-corrected chi connectivity index (χ0v) is 20.7. The molecule has 0 aromatic carbocycles. The lowest BCUT2D eigenvalue weighted by Crippen LogP contribution is -2.53. The molecule has 0 spiro atoms. The highest BCUT2D eigenvalue weighted by Crippen LogP contribution is 2.23. The number of hydrogen-bond acceptors (Lipinski definition) is 5. The lowest BCUT2D eigenvalue weighted by Gasteiger charge is -2.29. The SMILES string of the molecule is CNC(=O)[C@@H](NC(=O)c1nc(CCCN2CCCCC2)n2c1CN(C)CCC2)C(C)(C)C. The number of aryl methyl sites for hydroxylation is 1. The van der Waals surface area contributed by atoms with Gasteiger partial charge in [0.25, 0.3) is 5.91 Å². The fraction of sp³-hybridized carbons (Fsp3) is 0.792. The number of carbonyl (C=O) groups excluding carboxylic acids is 2. The first-order valence-electron chi connectivity index (χ1n) is 12.2. The Morgan fingerprint density at radius 2 is 1.78 bits per heavy atom. The summed E-state index contributed by atoms with van der Waals surface area (Å²) < 4.78 is 2.26. The molecule has 2 N–H and O–H groups in total. The van der Waals surface area contributed by atoms with Gasteiger partial charge in [0.1, 0.15) is 11.9 Å². The number of fused-ring (bicyclic) bond motifs is 1. The molecule has 1 atom stereocenters. The van der Waals surface area contributed by atoms with Crippen LogP contribution in [0.5, 0.6) is 0 Å². The van der Waals surface area contributed by atoms with E-state index in [0.717, 1.165) is 50.4 Å². The van der Waals surface area contributed by atoms with Gasteiger partial charge >= 0.3 is 0 Å². The van der Waals surface area contributed by atoms with E-state index in [1.54, 1.807) is 7.05 Å². The monoisotopic (exact) mass is 446 g/mol. The van der Waals surface area contributed by atoms with Crippen molar-refractivity contribution in [2.45, 2.75) is 78.4 Å². The molecule has 3 rings (SSSR count). The van der Waals surface area contributed by atoms with Gasteiger partial charge in [-0.1, -0.05) is 27.2 Å². The first-order valence-corrected chi connectivity index (χ1v) is 12.2. The van der Waals surface area contributed by atoms with E-state index >= 15 is 0 Å². The van der Waals surface area contributed by atoms with Crippen LogP contribution in [0.3, 0.4) is 0 Å². The van der Waals surface area contributed by atoms with Crippen LogP contribution < -0.4 is 10.6 Å². The molecule has 0 saturated carbocycles. The second-order valence-electron chi connectivity index (χ2n) is 10.5. The van der Waals surface area contributed by atoms with Crippen molar-refractivity contribution in [1.82, 2.24) is 30.0 Å². The standard InChI is InChI=1S/C24H42N6O2/c1-24(2,3)21(23(32)25-4)27-22(31)20-18-17-28(5)12-10-16-30(18)19(26-20)11-9-15-29-13-7-6-8-14-29/h21H,6-17H2,1-5H3,(H,25,32)(H,27,31)/t21-/m1/s1. The number of piperidine rings is 1. The maximum Gasteiger partial charge on any atom is 0.272 e. The van der Waals surface area contributed by atoms with Crippen LogP contribution in [0.1, 0.15) is 74.9 Å². The Balaban J connectivity index is 1.79. The Labute approximate surface area is 193 Å². The average molecular weight is 447 g/mol. The number of nitrogens with zero attached hydrogens (tertiary/aromatic N) is 4. The summed E-state index contributed by atoms with van der Waals surface area (Å²) in [6.45, 7) is 11.9. The van der Waals surface area contributed by atoms with E-state index in [1.165, 1.54) is 32.4 Å². The molecule has 1 fully saturated rings. The number of aromatic nitrogens is 2. The molecule has 1 aromatic rings. The number of rotatable bonds is 7. The van der Waals surface area contributed by atoms with Crippen LogP contribution in [-0.4, -0.2) is 77.5 Å². The molecule has 0 radical (unpaired) electrons. The summed E-state index contributed by atoms with van der Waals surface area (Å²) in [5, 5.41) is 5.66. The predicted octanol–water partition coefficient (Wildman–Crippen LogP) is 2.03. The fourth-order valence-corrected chi connectivity index (χ4v) is 4.83. The normalized spacial score (nSPS) is 19.2. The largest absolute Gasteiger partial charge is 0.357 e. The molecular formula is C24H42N6O2. The molecule has 3 heterocycles. The van der Waals surface area contributed by atoms with Gasteiger partial charge in [-0.2, -0.15) is 0 Å². The van der Waals surface area contributed by atoms with Gasteiger partial charge in [-0.3, -0.25) is 9.59 Å². The molecule has 1 saturated heterocycles. The van der Waals surface area contributed by atoms with Crippen LogP contribution in [0.2, 0.25) is 0 Å². The van der Waals surface area contributed by atoms with Crippen LogP contribution >= 0.6 is 0 Å². The lowest BCUT2D eigenvalue weighted by molar-refractivity contribution is -0.124. The van der Waals surface area contributed by atoms with Crippen molar-refractivity contribution in [3.63, 3.8) is 0 Å². The highest BCUT2D eigenvalue weighted by Gasteiger charge is 2.34. The Morgan fingerprint density at radius 3 is 2.44 bits per heavy atom. The molecule has 1 aromatic heterocycles. The van der Waals surface area contributed by atoms with Crippen molar-refractivity contribution < 1.29 is 9.59 Å². The third kappa shape index (κ3) is 6.10. The molecule has 2 aliphatic heterocycles. The first kappa shape index (κ1) is 24.7. The highest BCUT2D eigenvalue weighted by molar-refractivity contribution is 5.97. The Hall–Kier alpha value is -1.93. The summed E-state index contributed by atoms with van der Waals surface area (Å²) in [7, 11) is 3.69. The minimum Gasteiger partial charge on any atom is -0.357 e. The van der Waals surface area contributed by atoms with Gasteiger partial charge in [0.2, 0.25) is 5.91 Å². The average Bonchev–Trinajstić information content (AvgIpc) is 2.96. The molecule has 0 unspecified atom stereocenters. The summed E-state index contributed by atoms with van der Waals surface area (Å²) in [5.41, 5.74) is 1.05. The summed E-state index contributed by atoms with van der Waals surface area (Å²) in [4.78, 5) is 35.4. The van der Waals surface area contributed by atoms with Crippen molar-refractivity contribution in [1.29, 1.82) is 0 Å². The van der Waals surface area contributed by atoms with Crippen LogP contribution in [-0.2, 0) is 24.3 Å². The van der Waals surface area contributed by atoms with Crippen molar-refractivity contribution in [3.05, 3.63) is 17.2 Å². The van der Waals surface area contributed by atoms with Crippen molar-refractivity contribution >= 4 is 11.8 Å². The minimum atomic E-state index is -0.622. The number of likely N-dealkylation sites (tertiary alicyclic amines) is 1. The number of nitrogens with one attached hydrogen (secondary N) is 2. The second kappa shape index (κ2) is 10.8. The number of amides is 2. The summed E-state index contributed by atoms with van der Waals surface area (Å²) in [6, 6.07) is -0.622. The van der Waals surface area contributed by atoms with E-state index in [9.17, 15) is 9.59 Å². The van der Waals surface area contributed by atoms with Gasteiger partial charge in [0.15, 0.2) is 5.69 Å². The maximum absolute atomic E-state index is 13.4. The van der Waals surface area contributed by atoms with E-state index in [2.05, 4.69) is 32.0 Å². The molecule has 32 heavy (non-hydrogen) atoms. The first-order chi connectivity index (χ1) is 15.2. The molecule has 8 heteroatoms. The molecule has 8 nitrogen and oxygen atoms in total. The number of carbonyl (C=O) groups is 2. The number of likely N-dealkylation sites (N-methyl/N-ethyl adjacent to an activating group) is 1. The van der Waals surface area contributed by atoms with Crippen molar-refractivity contribution in [3.8, 4) is 0 Å². The van der Waals surface area contributed by atoms with Crippen LogP contribution in [0.15, 0.2) is 0 Å². The summed E-state index contributed by atoms with van der Waals surface area (Å²) >= 11 is 0. The quantitative estimate of drug-likeness (QED) is 0.670. The van der Waals surface area contributed by atoms with Gasteiger partial charge in [-0.15, -0.1) is 0 Å². The third-order valence-corrected chi connectivity index (χ3v) is 6.68. The van der Waals surface area contributed by atoms with E-state index < -0.39 is 11.5 Å². The predicted molar refractivity (Wildman–Crippen MR) is 127 cm³/mol. The van der Waals surface area contributed by atoms with Crippen LogP contribution in [0.25, 0.3) is 0 Å². The Morgan fingerprint density at radius 1 is 1.06 bits per heavy atom. The molecule has 0 aliphatic carbocycles. The van der Waals surface area contributed by atoms with Crippen LogP contribution in [0.4, 0.5) is 0 Å². The van der Waals surface area contributed by atoms with E-state index in [4.69, 9.17) is 4.98 Å². The van der Waals surface area contributed by atoms with E-state index in [0.29, 0.717) is 12.2 Å². The molecule has 2 aliphatic rings. The smallest absolute Gasteiger partial charge is 0.272 e. The van der Waals surface area contributed by atoms with Gasteiger partial charge in [-0.05, 0) is 64.3 Å². The highest BCUT2D eigenvalue weighted by atomic mass is 16.2. The second-order valence-corrected chi connectivity index (χ2v) is 10.5. The topological polar surface area (TPSA) is 82.5 Å². The van der Waals surface area contributed by atoms with Crippen molar-refractivity contribution in [2.24, 2.45) is 5.41 Å². The number of imidazole rings is 1. The molecule has 180 valence electrons. The fourth-order valence-electron chi connectivity index (χ4n) is 4.83. The van der Waals surface area contributed by atoms with Crippen LogP contribution in [0, 0.1) is 5.41 Å². The molecular weight excluding hydrogens is 404 g/mol. The zero-order valence-electron chi connectivity index (χ0n) is 20.7. The summed E-state index contributed by atoms with van der Waals surface area (Å²) in [6.07, 6.45) is 6.92.